The zero-order valence-electron chi connectivity index (χ0n) is 10.0. The van der Waals surface area contributed by atoms with Crippen molar-refractivity contribution >= 4 is 33.3 Å². The maximum absolute atomic E-state index is 11.8. The fourth-order valence-corrected chi connectivity index (χ4v) is 3.80. The topological polar surface area (TPSA) is 101 Å². The van der Waals surface area contributed by atoms with Crippen molar-refractivity contribution in [3.63, 3.8) is 0 Å². The van der Waals surface area contributed by atoms with Gasteiger partial charge in [0.15, 0.2) is 0 Å². The van der Waals surface area contributed by atoms with E-state index in [0.717, 1.165) is 4.90 Å². The Labute approximate surface area is 115 Å². The van der Waals surface area contributed by atoms with Crippen LogP contribution in [-0.2, 0) is 10.0 Å². The fourth-order valence-electron chi connectivity index (χ4n) is 1.40. The summed E-state index contributed by atoms with van der Waals surface area (Å²) in [4.78, 5) is 0.888. The molecule has 0 spiro atoms. The molecule has 0 atom stereocenters. The summed E-state index contributed by atoms with van der Waals surface area (Å²) in [6.45, 7) is 0. The van der Waals surface area contributed by atoms with Gasteiger partial charge in [-0.25, -0.2) is 8.42 Å². The molecule has 0 amide bonds. The lowest BCUT2D eigenvalue weighted by Gasteiger charge is -2.07. The minimum absolute atomic E-state index is 0.00498. The number of H-pyrrole nitrogens is 1. The van der Waals surface area contributed by atoms with Crippen LogP contribution in [0.3, 0.4) is 0 Å². The Balaban J connectivity index is 1.87. The van der Waals surface area contributed by atoms with Crippen LogP contribution < -0.4 is 10.5 Å². The number of nitrogen functional groups attached to an aromatic ring is 1. The summed E-state index contributed by atoms with van der Waals surface area (Å²) in [5.41, 5.74) is 6.44. The second-order valence-corrected chi connectivity index (χ2v) is 6.76. The number of hydrogen-bond acceptors (Lipinski definition) is 5. The van der Waals surface area contributed by atoms with Crippen molar-refractivity contribution in [3.8, 4) is 0 Å². The molecule has 1 aromatic carbocycles. The minimum atomic E-state index is -3.37. The molecule has 19 heavy (non-hydrogen) atoms. The number of nitrogens with zero attached hydrogens (tertiary/aromatic N) is 1. The first-order chi connectivity index (χ1) is 9.07. The molecule has 0 unspecified atom stereocenters. The third-order valence-corrected chi connectivity index (χ3v) is 4.92. The molecule has 0 saturated carbocycles. The van der Waals surface area contributed by atoms with Crippen LogP contribution in [0, 0.1) is 0 Å². The molecule has 4 N–H and O–H groups in total. The molecule has 0 aliphatic rings. The highest BCUT2D eigenvalue weighted by Crippen LogP contribution is 2.24. The van der Waals surface area contributed by atoms with Gasteiger partial charge in [-0.2, -0.15) is 5.10 Å². The van der Waals surface area contributed by atoms with Gasteiger partial charge >= 0.3 is 0 Å². The quantitative estimate of drug-likeness (QED) is 0.554. The molecule has 0 aliphatic heterocycles. The minimum Gasteiger partial charge on any atom is -0.398 e. The van der Waals surface area contributed by atoms with E-state index in [2.05, 4.69) is 14.9 Å². The number of benzene rings is 1. The number of thioether (sulfide) groups is 1. The van der Waals surface area contributed by atoms with Gasteiger partial charge in [0.25, 0.3) is 0 Å². The van der Waals surface area contributed by atoms with Crippen LogP contribution in [0.15, 0.2) is 41.4 Å². The normalized spacial score (nSPS) is 11.4. The Morgan fingerprint density at radius 1 is 1.32 bits per heavy atom. The van der Waals surface area contributed by atoms with Crippen LogP contribution >= 0.6 is 11.8 Å². The molecule has 2 aromatic rings. The molecule has 0 fully saturated rings. The maximum atomic E-state index is 11.8. The summed E-state index contributed by atoms with van der Waals surface area (Å²) < 4.78 is 25.9. The summed E-state index contributed by atoms with van der Waals surface area (Å²) in [6, 6.07) is 8.93. The SMILES string of the molecule is Nc1ccccc1SCCS(=O)(=O)Nc1ccn[nH]1. The standard InChI is InChI=1S/C11H14N4O2S2/c12-9-3-1-2-4-10(9)18-7-8-19(16,17)15-11-5-6-13-14-11/h1-6H,7-8,12H2,(H2,13,14,15). The third-order valence-electron chi connectivity index (χ3n) is 2.29. The van der Waals surface area contributed by atoms with E-state index >= 15 is 0 Å². The van der Waals surface area contributed by atoms with Gasteiger partial charge in [0.1, 0.15) is 5.82 Å². The van der Waals surface area contributed by atoms with E-state index in [-0.39, 0.29) is 5.75 Å². The number of rotatable bonds is 6. The highest BCUT2D eigenvalue weighted by Gasteiger charge is 2.11. The highest BCUT2D eigenvalue weighted by atomic mass is 32.2. The van der Waals surface area contributed by atoms with Crippen molar-refractivity contribution in [1.82, 2.24) is 10.2 Å². The number of aromatic nitrogens is 2. The lowest BCUT2D eigenvalue weighted by molar-refractivity contribution is 0.602. The van der Waals surface area contributed by atoms with Crippen LogP contribution in [0.25, 0.3) is 0 Å². The van der Waals surface area contributed by atoms with E-state index in [1.165, 1.54) is 18.0 Å². The predicted octanol–water partition coefficient (Wildman–Crippen LogP) is 1.53. The third kappa shape index (κ3) is 4.18. The molecule has 0 radical (unpaired) electrons. The first-order valence-corrected chi connectivity index (χ1v) is 8.18. The van der Waals surface area contributed by atoms with E-state index in [4.69, 9.17) is 5.73 Å². The van der Waals surface area contributed by atoms with Gasteiger partial charge in [-0.3, -0.25) is 9.82 Å². The Morgan fingerprint density at radius 3 is 2.79 bits per heavy atom. The van der Waals surface area contributed by atoms with E-state index in [9.17, 15) is 8.42 Å². The Kier molecular flexibility index (Phi) is 4.33. The monoisotopic (exact) mass is 298 g/mol. The first kappa shape index (κ1) is 13.8. The van der Waals surface area contributed by atoms with Gasteiger partial charge in [-0.1, -0.05) is 12.1 Å². The molecule has 102 valence electrons. The zero-order chi connectivity index (χ0) is 13.7. The van der Waals surface area contributed by atoms with E-state index < -0.39 is 10.0 Å². The van der Waals surface area contributed by atoms with Gasteiger partial charge in [0, 0.05) is 22.4 Å². The Bertz CT molecular complexity index is 626. The molecule has 1 aromatic heterocycles. The van der Waals surface area contributed by atoms with Crippen molar-refractivity contribution in [2.45, 2.75) is 4.90 Å². The van der Waals surface area contributed by atoms with Crippen molar-refractivity contribution in [3.05, 3.63) is 36.5 Å². The molecule has 1 heterocycles. The lowest BCUT2D eigenvalue weighted by Crippen LogP contribution is -2.18. The van der Waals surface area contributed by atoms with Crippen LogP contribution in [0.2, 0.25) is 0 Å². The zero-order valence-corrected chi connectivity index (χ0v) is 11.7. The number of para-hydroxylation sites is 1. The number of aromatic amines is 1. The second-order valence-electron chi connectivity index (χ2n) is 3.78. The summed E-state index contributed by atoms with van der Waals surface area (Å²) >= 11 is 1.42. The van der Waals surface area contributed by atoms with Gasteiger partial charge in [-0.15, -0.1) is 11.8 Å². The van der Waals surface area contributed by atoms with E-state index in [1.54, 1.807) is 12.1 Å². The Morgan fingerprint density at radius 2 is 2.11 bits per heavy atom. The number of sulfonamides is 1. The summed E-state index contributed by atoms with van der Waals surface area (Å²) in [7, 11) is -3.37. The number of nitrogens with one attached hydrogen (secondary N) is 2. The number of nitrogens with two attached hydrogens (primary N) is 1. The van der Waals surface area contributed by atoms with Crippen LogP contribution in [0.1, 0.15) is 0 Å². The largest absolute Gasteiger partial charge is 0.398 e. The molecule has 6 nitrogen and oxygen atoms in total. The Hall–Kier alpha value is -1.67. The van der Waals surface area contributed by atoms with E-state index in [1.807, 2.05) is 18.2 Å². The van der Waals surface area contributed by atoms with Crippen molar-refractivity contribution in [2.75, 3.05) is 22.0 Å². The summed E-state index contributed by atoms with van der Waals surface area (Å²) in [6.07, 6.45) is 1.48. The smallest absolute Gasteiger partial charge is 0.234 e. The van der Waals surface area contributed by atoms with Crippen LogP contribution in [0.4, 0.5) is 11.5 Å². The van der Waals surface area contributed by atoms with Gasteiger partial charge in [-0.05, 0) is 12.1 Å². The van der Waals surface area contributed by atoms with E-state index in [0.29, 0.717) is 17.3 Å². The predicted molar refractivity (Wildman–Crippen MR) is 77.6 cm³/mol. The van der Waals surface area contributed by atoms with Crippen molar-refractivity contribution < 1.29 is 8.42 Å². The molecule has 0 saturated heterocycles. The second kappa shape index (κ2) is 5.98. The molecule has 0 bridgehead atoms. The highest BCUT2D eigenvalue weighted by molar-refractivity contribution is 8.01. The van der Waals surface area contributed by atoms with Crippen molar-refractivity contribution in [2.24, 2.45) is 0 Å². The van der Waals surface area contributed by atoms with Gasteiger partial charge in [0.05, 0.1) is 11.9 Å². The molecule has 8 heteroatoms. The average Bonchev–Trinajstić information content (AvgIpc) is 2.83. The van der Waals surface area contributed by atoms with Gasteiger partial charge in [0.2, 0.25) is 10.0 Å². The summed E-state index contributed by atoms with van der Waals surface area (Å²) in [5.74, 6) is 0.798. The molecule has 0 aliphatic carbocycles. The summed E-state index contributed by atoms with van der Waals surface area (Å²) in [5, 5.41) is 6.22. The van der Waals surface area contributed by atoms with Gasteiger partial charge < -0.3 is 5.73 Å². The number of anilines is 2. The van der Waals surface area contributed by atoms with Crippen molar-refractivity contribution in [1.29, 1.82) is 0 Å². The number of hydrogen-bond donors (Lipinski definition) is 3. The average molecular weight is 298 g/mol. The molecule has 2 rings (SSSR count). The fraction of sp³-hybridized carbons (Fsp3) is 0.182. The first-order valence-electron chi connectivity index (χ1n) is 5.54. The maximum Gasteiger partial charge on any atom is 0.234 e. The van der Waals surface area contributed by atoms with Crippen LogP contribution in [-0.4, -0.2) is 30.1 Å². The lowest BCUT2D eigenvalue weighted by atomic mass is 10.3. The van der Waals surface area contributed by atoms with Crippen LogP contribution in [0.5, 0.6) is 0 Å². The molecular weight excluding hydrogens is 284 g/mol. The molecular formula is C11H14N4O2S2.